The first-order valence-corrected chi connectivity index (χ1v) is 5.56. The van der Waals surface area contributed by atoms with Gasteiger partial charge in [-0.2, -0.15) is 0 Å². The molecule has 2 heterocycles. The van der Waals surface area contributed by atoms with Gasteiger partial charge >= 0.3 is 0 Å². The number of aliphatic hydroxyl groups excluding tert-OH is 1. The van der Waals surface area contributed by atoms with E-state index in [1.165, 1.54) is 0 Å². The average molecular weight is 222 g/mol. The number of ether oxygens (including phenoxy) is 1. The topological polar surface area (TPSA) is 54.4 Å². The fourth-order valence-electron chi connectivity index (χ4n) is 1.99. The Morgan fingerprint density at radius 1 is 1.69 bits per heavy atom. The van der Waals surface area contributed by atoms with Crippen LogP contribution in [0.2, 0.25) is 0 Å². The molecule has 0 unspecified atom stereocenters. The molecular weight excluding hydrogens is 204 g/mol. The number of aliphatic hydroxyl groups is 1. The molecule has 1 saturated heterocycles. The molecule has 1 aromatic rings. The van der Waals surface area contributed by atoms with E-state index in [0.717, 1.165) is 5.56 Å². The van der Waals surface area contributed by atoms with Crippen LogP contribution in [0.1, 0.15) is 31.9 Å². The summed E-state index contributed by atoms with van der Waals surface area (Å²) in [6.45, 7) is 4.62. The summed E-state index contributed by atoms with van der Waals surface area (Å²) < 4.78 is 5.55. The lowest BCUT2D eigenvalue weighted by Crippen LogP contribution is -2.38. The van der Waals surface area contributed by atoms with Crippen molar-refractivity contribution in [2.75, 3.05) is 6.61 Å². The first-order valence-electron chi connectivity index (χ1n) is 5.56. The largest absolute Gasteiger partial charge is 0.388 e. The minimum absolute atomic E-state index is 0.199. The highest BCUT2D eigenvalue weighted by Gasteiger charge is 2.31. The van der Waals surface area contributed by atoms with Crippen LogP contribution < -0.4 is 5.32 Å². The molecule has 4 nitrogen and oxygen atoms in total. The van der Waals surface area contributed by atoms with Gasteiger partial charge in [0.15, 0.2) is 0 Å². The van der Waals surface area contributed by atoms with Gasteiger partial charge in [0.05, 0.1) is 12.7 Å². The molecule has 0 amide bonds. The monoisotopic (exact) mass is 222 g/mol. The van der Waals surface area contributed by atoms with Crippen LogP contribution in [0.3, 0.4) is 0 Å². The minimum Gasteiger partial charge on any atom is -0.388 e. The van der Waals surface area contributed by atoms with Gasteiger partial charge in [0, 0.05) is 18.4 Å². The molecule has 4 heteroatoms. The highest BCUT2D eigenvalue weighted by atomic mass is 16.5. The highest BCUT2D eigenvalue weighted by Crippen LogP contribution is 2.23. The van der Waals surface area contributed by atoms with Gasteiger partial charge in [0.25, 0.3) is 0 Å². The summed E-state index contributed by atoms with van der Waals surface area (Å²) in [6.07, 6.45) is 3.57. The van der Waals surface area contributed by atoms with Crippen molar-refractivity contribution in [2.24, 2.45) is 0 Å². The summed E-state index contributed by atoms with van der Waals surface area (Å²) in [5.74, 6) is 0. The Morgan fingerprint density at radius 3 is 3.06 bits per heavy atom. The van der Waals surface area contributed by atoms with E-state index in [1.54, 1.807) is 12.4 Å². The molecule has 88 valence electrons. The summed E-state index contributed by atoms with van der Waals surface area (Å²) in [7, 11) is 0. The van der Waals surface area contributed by atoms with E-state index in [-0.39, 0.29) is 11.8 Å². The molecule has 1 aliphatic rings. The molecular formula is C12H18N2O2. The zero-order chi connectivity index (χ0) is 11.6. The van der Waals surface area contributed by atoms with E-state index in [2.05, 4.69) is 10.3 Å². The smallest absolute Gasteiger partial charge is 0.113 e. The van der Waals surface area contributed by atoms with Crippen LogP contribution in [0.4, 0.5) is 0 Å². The van der Waals surface area contributed by atoms with E-state index in [4.69, 9.17) is 4.74 Å². The van der Waals surface area contributed by atoms with E-state index in [0.29, 0.717) is 13.0 Å². The van der Waals surface area contributed by atoms with Crippen molar-refractivity contribution in [2.45, 2.75) is 38.1 Å². The first kappa shape index (κ1) is 11.5. The van der Waals surface area contributed by atoms with Crippen molar-refractivity contribution >= 4 is 0 Å². The third-order valence-electron chi connectivity index (χ3n) is 2.77. The van der Waals surface area contributed by atoms with Gasteiger partial charge in [-0.1, -0.05) is 6.07 Å². The standard InChI is InChI=1S/C12H18N2O2/c1-12(2)14-10(8-16-12)6-11(15)9-4-3-5-13-7-9/h3-5,7,10-11,14-15H,6,8H2,1-2H3/t10-,11-/m0/s1. The van der Waals surface area contributed by atoms with E-state index in [1.807, 2.05) is 26.0 Å². The Bertz CT molecular complexity index is 340. The second-order valence-corrected chi connectivity index (χ2v) is 4.70. The highest BCUT2D eigenvalue weighted by molar-refractivity contribution is 5.12. The lowest BCUT2D eigenvalue weighted by Gasteiger charge is -2.19. The molecule has 2 N–H and O–H groups in total. The van der Waals surface area contributed by atoms with Gasteiger partial charge in [-0.05, 0) is 31.9 Å². The van der Waals surface area contributed by atoms with E-state index < -0.39 is 6.10 Å². The normalized spacial score (nSPS) is 25.6. The lowest BCUT2D eigenvalue weighted by molar-refractivity contribution is 0.0229. The molecule has 1 fully saturated rings. The van der Waals surface area contributed by atoms with Crippen LogP contribution in [0.5, 0.6) is 0 Å². The molecule has 2 atom stereocenters. The number of hydrogen-bond acceptors (Lipinski definition) is 4. The summed E-state index contributed by atoms with van der Waals surface area (Å²) in [5.41, 5.74) is 0.577. The molecule has 0 aromatic carbocycles. The zero-order valence-corrected chi connectivity index (χ0v) is 9.68. The van der Waals surface area contributed by atoms with Crippen molar-refractivity contribution in [3.8, 4) is 0 Å². The Hall–Kier alpha value is -0.970. The molecule has 0 radical (unpaired) electrons. The summed E-state index contributed by atoms with van der Waals surface area (Å²) in [5, 5.41) is 13.3. The molecule has 1 aromatic heterocycles. The van der Waals surface area contributed by atoms with Crippen LogP contribution in [-0.2, 0) is 4.74 Å². The maximum absolute atomic E-state index is 10.0. The van der Waals surface area contributed by atoms with Gasteiger partial charge in [-0.25, -0.2) is 0 Å². The summed E-state index contributed by atoms with van der Waals surface area (Å²) in [4.78, 5) is 4.00. The number of pyridine rings is 1. The Balaban J connectivity index is 1.91. The van der Waals surface area contributed by atoms with Gasteiger partial charge < -0.3 is 9.84 Å². The van der Waals surface area contributed by atoms with Crippen molar-refractivity contribution in [3.05, 3.63) is 30.1 Å². The maximum Gasteiger partial charge on any atom is 0.113 e. The lowest BCUT2D eigenvalue weighted by atomic mass is 10.0. The van der Waals surface area contributed by atoms with Crippen LogP contribution in [0, 0.1) is 0 Å². The van der Waals surface area contributed by atoms with Gasteiger partial charge in [-0.15, -0.1) is 0 Å². The van der Waals surface area contributed by atoms with Gasteiger partial charge in [0.1, 0.15) is 5.72 Å². The molecule has 2 rings (SSSR count). The maximum atomic E-state index is 10.0. The van der Waals surface area contributed by atoms with Crippen molar-refractivity contribution < 1.29 is 9.84 Å². The van der Waals surface area contributed by atoms with Crippen molar-refractivity contribution in [1.82, 2.24) is 10.3 Å². The number of nitrogens with one attached hydrogen (secondary N) is 1. The summed E-state index contributed by atoms with van der Waals surface area (Å²) in [6, 6.07) is 3.92. The second kappa shape index (κ2) is 4.49. The predicted molar refractivity (Wildman–Crippen MR) is 60.8 cm³/mol. The molecule has 16 heavy (non-hydrogen) atoms. The van der Waals surface area contributed by atoms with Crippen molar-refractivity contribution in [1.29, 1.82) is 0 Å². The van der Waals surface area contributed by atoms with Crippen LogP contribution in [0.25, 0.3) is 0 Å². The number of rotatable bonds is 3. The van der Waals surface area contributed by atoms with Crippen LogP contribution in [0.15, 0.2) is 24.5 Å². The fourth-order valence-corrected chi connectivity index (χ4v) is 1.99. The van der Waals surface area contributed by atoms with Crippen LogP contribution in [-0.4, -0.2) is 28.5 Å². The van der Waals surface area contributed by atoms with Crippen LogP contribution >= 0.6 is 0 Å². The number of nitrogens with zero attached hydrogens (tertiary/aromatic N) is 1. The third-order valence-corrected chi connectivity index (χ3v) is 2.77. The third kappa shape index (κ3) is 2.78. The van der Waals surface area contributed by atoms with Gasteiger partial charge in [-0.3, -0.25) is 10.3 Å². The summed E-state index contributed by atoms with van der Waals surface area (Å²) >= 11 is 0. The fraction of sp³-hybridized carbons (Fsp3) is 0.583. The number of aromatic nitrogens is 1. The molecule has 0 saturated carbocycles. The second-order valence-electron chi connectivity index (χ2n) is 4.70. The zero-order valence-electron chi connectivity index (χ0n) is 9.68. The Kier molecular flexibility index (Phi) is 3.23. The molecule has 1 aliphatic heterocycles. The Morgan fingerprint density at radius 2 is 2.50 bits per heavy atom. The predicted octanol–water partition coefficient (Wildman–Crippen LogP) is 1.23. The van der Waals surface area contributed by atoms with E-state index >= 15 is 0 Å². The SMILES string of the molecule is CC1(C)N[C@@H](C[C@H](O)c2cccnc2)CO1. The quantitative estimate of drug-likeness (QED) is 0.807. The minimum atomic E-state index is -0.483. The van der Waals surface area contributed by atoms with Crippen molar-refractivity contribution in [3.63, 3.8) is 0 Å². The average Bonchev–Trinajstić information content (AvgIpc) is 2.59. The molecule has 0 aliphatic carbocycles. The first-order chi connectivity index (χ1) is 7.57. The number of hydrogen-bond donors (Lipinski definition) is 2. The Labute approximate surface area is 95.7 Å². The molecule has 0 bridgehead atoms. The van der Waals surface area contributed by atoms with E-state index in [9.17, 15) is 5.11 Å². The molecule has 0 spiro atoms. The van der Waals surface area contributed by atoms with Gasteiger partial charge in [0.2, 0.25) is 0 Å².